The molecule has 1 heterocycles. The van der Waals surface area contributed by atoms with Crippen molar-refractivity contribution in [3.63, 3.8) is 0 Å². The van der Waals surface area contributed by atoms with Crippen molar-refractivity contribution in [2.75, 3.05) is 14.2 Å². The minimum absolute atomic E-state index is 0.148. The number of methoxy groups -OCH3 is 1. The molecular formula is C27H27N3O3. The third kappa shape index (κ3) is 4.12. The van der Waals surface area contributed by atoms with E-state index in [9.17, 15) is 9.59 Å². The van der Waals surface area contributed by atoms with Crippen LogP contribution in [0.5, 0.6) is 5.75 Å². The highest BCUT2D eigenvalue weighted by molar-refractivity contribution is 5.94. The summed E-state index contributed by atoms with van der Waals surface area (Å²) in [5, 5.41) is 0.543. The Hall–Kier alpha value is -3.93. The number of hydrogen-bond acceptors (Lipinski definition) is 4. The summed E-state index contributed by atoms with van der Waals surface area (Å²) in [5.74, 6) is 0.942. The van der Waals surface area contributed by atoms with Crippen LogP contribution in [-0.2, 0) is 6.42 Å². The fourth-order valence-corrected chi connectivity index (χ4v) is 4.00. The molecule has 168 valence electrons. The van der Waals surface area contributed by atoms with Crippen molar-refractivity contribution in [3.8, 4) is 11.4 Å². The van der Waals surface area contributed by atoms with Crippen molar-refractivity contribution >= 4 is 16.8 Å². The quantitative estimate of drug-likeness (QED) is 0.432. The number of carbonyl (C=O) groups is 1. The zero-order chi connectivity index (χ0) is 23.5. The maximum absolute atomic E-state index is 13.7. The predicted molar refractivity (Wildman–Crippen MR) is 130 cm³/mol. The van der Waals surface area contributed by atoms with E-state index in [2.05, 4.69) is 6.92 Å². The van der Waals surface area contributed by atoms with Gasteiger partial charge in [-0.05, 0) is 55.3 Å². The summed E-state index contributed by atoms with van der Waals surface area (Å²) in [6.45, 7) is 3.94. The molecule has 1 unspecified atom stereocenters. The molecule has 3 aromatic carbocycles. The van der Waals surface area contributed by atoms with E-state index in [0.29, 0.717) is 28.0 Å². The van der Waals surface area contributed by atoms with Crippen molar-refractivity contribution < 1.29 is 9.53 Å². The van der Waals surface area contributed by atoms with Crippen LogP contribution in [0.25, 0.3) is 16.6 Å². The van der Waals surface area contributed by atoms with Crippen LogP contribution in [0.4, 0.5) is 0 Å². The first-order chi connectivity index (χ1) is 16.0. The van der Waals surface area contributed by atoms with Crippen LogP contribution in [-0.4, -0.2) is 34.5 Å². The molecule has 0 bridgehead atoms. The SMILES string of the molecule is CCc1ccccc1-n1c(C(C)N(C)C(=O)c2cccc(OC)c2)nc2ccccc2c1=O. The summed E-state index contributed by atoms with van der Waals surface area (Å²) in [6, 6.07) is 21.7. The lowest BCUT2D eigenvalue weighted by Gasteiger charge is -2.27. The average molecular weight is 442 g/mol. The van der Waals surface area contributed by atoms with Crippen LogP contribution < -0.4 is 10.3 Å². The molecule has 1 atom stereocenters. The Labute approximate surface area is 193 Å². The summed E-state index contributed by atoms with van der Waals surface area (Å²) in [6.07, 6.45) is 0.766. The van der Waals surface area contributed by atoms with E-state index in [4.69, 9.17) is 9.72 Å². The highest BCUT2D eigenvalue weighted by atomic mass is 16.5. The third-order valence-corrected chi connectivity index (χ3v) is 6.01. The second-order valence-corrected chi connectivity index (χ2v) is 7.93. The molecule has 0 saturated carbocycles. The second-order valence-electron chi connectivity index (χ2n) is 7.93. The number of aryl methyl sites for hydroxylation is 1. The van der Waals surface area contributed by atoms with Crippen LogP contribution in [0, 0.1) is 0 Å². The lowest BCUT2D eigenvalue weighted by atomic mass is 10.1. The van der Waals surface area contributed by atoms with Gasteiger partial charge in [0, 0.05) is 12.6 Å². The van der Waals surface area contributed by atoms with Crippen molar-refractivity contribution in [2.24, 2.45) is 0 Å². The van der Waals surface area contributed by atoms with Gasteiger partial charge in [-0.25, -0.2) is 4.98 Å². The van der Waals surface area contributed by atoms with Crippen molar-refractivity contribution in [1.82, 2.24) is 14.5 Å². The van der Waals surface area contributed by atoms with E-state index in [0.717, 1.165) is 17.7 Å². The van der Waals surface area contributed by atoms with Gasteiger partial charge in [0.25, 0.3) is 11.5 Å². The number of benzene rings is 3. The van der Waals surface area contributed by atoms with E-state index in [1.54, 1.807) is 54.0 Å². The Morgan fingerprint density at radius 3 is 2.55 bits per heavy atom. The van der Waals surface area contributed by atoms with Gasteiger partial charge in [0.05, 0.1) is 29.7 Å². The Balaban J connectivity index is 1.88. The molecule has 1 amide bonds. The number of para-hydroxylation sites is 2. The molecule has 0 N–H and O–H groups in total. The Bertz CT molecular complexity index is 1380. The van der Waals surface area contributed by atoms with Crippen LogP contribution in [0.15, 0.2) is 77.6 Å². The van der Waals surface area contributed by atoms with E-state index < -0.39 is 6.04 Å². The van der Waals surface area contributed by atoms with Gasteiger partial charge in [0.2, 0.25) is 0 Å². The summed E-state index contributed by atoms with van der Waals surface area (Å²) in [5.41, 5.74) is 2.79. The zero-order valence-electron chi connectivity index (χ0n) is 19.3. The van der Waals surface area contributed by atoms with Gasteiger partial charge in [-0.1, -0.05) is 43.3 Å². The van der Waals surface area contributed by atoms with Crippen LogP contribution in [0.3, 0.4) is 0 Å². The first kappa shape index (κ1) is 22.3. The molecule has 0 radical (unpaired) electrons. The maximum atomic E-state index is 13.7. The van der Waals surface area contributed by atoms with Gasteiger partial charge in [-0.3, -0.25) is 14.2 Å². The number of rotatable bonds is 6. The average Bonchev–Trinajstić information content (AvgIpc) is 2.87. The number of hydrogen-bond donors (Lipinski definition) is 0. The fourth-order valence-electron chi connectivity index (χ4n) is 4.00. The summed E-state index contributed by atoms with van der Waals surface area (Å²) < 4.78 is 6.92. The van der Waals surface area contributed by atoms with E-state index in [-0.39, 0.29) is 11.5 Å². The third-order valence-electron chi connectivity index (χ3n) is 6.01. The van der Waals surface area contributed by atoms with Crippen LogP contribution >= 0.6 is 0 Å². The zero-order valence-corrected chi connectivity index (χ0v) is 19.3. The number of fused-ring (bicyclic) bond motifs is 1. The highest BCUT2D eigenvalue weighted by Crippen LogP contribution is 2.25. The monoisotopic (exact) mass is 441 g/mol. The largest absolute Gasteiger partial charge is 0.497 e. The number of aromatic nitrogens is 2. The molecular weight excluding hydrogens is 414 g/mol. The molecule has 6 heteroatoms. The van der Waals surface area contributed by atoms with E-state index in [1.165, 1.54) is 0 Å². The standard InChI is InChI=1S/C27H27N3O3/c1-5-19-11-6-9-16-24(19)30-25(28-23-15-8-7-14-22(23)27(30)32)18(2)29(3)26(31)20-12-10-13-21(17-20)33-4/h6-18H,5H2,1-4H3. The number of carbonyl (C=O) groups excluding carboxylic acids is 1. The van der Waals surface area contributed by atoms with E-state index >= 15 is 0 Å². The summed E-state index contributed by atoms with van der Waals surface area (Å²) in [7, 11) is 3.29. The topological polar surface area (TPSA) is 64.4 Å². The molecule has 0 fully saturated rings. The van der Waals surface area contributed by atoms with Crippen LogP contribution in [0.2, 0.25) is 0 Å². The number of ether oxygens (including phenoxy) is 1. The van der Waals surface area contributed by atoms with Gasteiger partial charge in [-0.15, -0.1) is 0 Å². The first-order valence-electron chi connectivity index (χ1n) is 11.0. The van der Waals surface area contributed by atoms with Gasteiger partial charge in [0.1, 0.15) is 11.6 Å². The molecule has 0 aliphatic carbocycles. The van der Waals surface area contributed by atoms with Gasteiger partial charge in [-0.2, -0.15) is 0 Å². The van der Waals surface area contributed by atoms with Crippen molar-refractivity contribution in [1.29, 1.82) is 0 Å². The Morgan fingerprint density at radius 1 is 1.06 bits per heavy atom. The molecule has 0 aliphatic rings. The normalized spacial score (nSPS) is 11.9. The minimum Gasteiger partial charge on any atom is -0.497 e. The first-order valence-corrected chi connectivity index (χ1v) is 11.0. The molecule has 33 heavy (non-hydrogen) atoms. The number of amides is 1. The molecule has 0 spiro atoms. The van der Waals surface area contributed by atoms with Crippen molar-refractivity contribution in [2.45, 2.75) is 26.3 Å². The van der Waals surface area contributed by atoms with Gasteiger partial charge in [0.15, 0.2) is 0 Å². The van der Waals surface area contributed by atoms with Crippen LogP contribution in [0.1, 0.15) is 41.6 Å². The molecule has 0 aliphatic heterocycles. The smallest absolute Gasteiger partial charge is 0.266 e. The Morgan fingerprint density at radius 2 is 1.79 bits per heavy atom. The molecule has 6 nitrogen and oxygen atoms in total. The minimum atomic E-state index is -0.467. The Kier molecular flexibility index (Phi) is 6.27. The fraction of sp³-hybridized carbons (Fsp3) is 0.222. The molecule has 1 aromatic heterocycles. The summed E-state index contributed by atoms with van der Waals surface area (Å²) >= 11 is 0. The van der Waals surface area contributed by atoms with Gasteiger partial charge < -0.3 is 9.64 Å². The number of nitrogens with zero attached hydrogens (tertiary/aromatic N) is 3. The van der Waals surface area contributed by atoms with Crippen molar-refractivity contribution in [3.05, 3.63) is 100 Å². The highest BCUT2D eigenvalue weighted by Gasteiger charge is 2.25. The molecule has 4 rings (SSSR count). The van der Waals surface area contributed by atoms with E-state index in [1.807, 2.05) is 49.4 Å². The maximum Gasteiger partial charge on any atom is 0.266 e. The van der Waals surface area contributed by atoms with Gasteiger partial charge >= 0.3 is 0 Å². The lowest BCUT2D eigenvalue weighted by Crippen LogP contribution is -2.35. The summed E-state index contributed by atoms with van der Waals surface area (Å²) in [4.78, 5) is 33.4. The predicted octanol–water partition coefficient (Wildman–Crippen LogP) is 4.79. The lowest BCUT2D eigenvalue weighted by molar-refractivity contribution is 0.0734. The molecule has 0 saturated heterocycles. The second kappa shape index (κ2) is 9.28. The molecule has 4 aromatic rings.